The first kappa shape index (κ1) is 20.0. The summed E-state index contributed by atoms with van der Waals surface area (Å²) in [7, 11) is -5.10. The third kappa shape index (κ3) is 4.84. The van der Waals surface area contributed by atoms with Gasteiger partial charge in [0.15, 0.2) is 0 Å². The van der Waals surface area contributed by atoms with E-state index in [1.807, 2.05) is 66.7 Å². The fraction of sp³-hybridized carbons (Fsp3) is 0. The molecule has 3 aromatic rings. The van der Waals surface area contributed by atoms with Gasteiger partial charge in [-0.25, -0.2) is 0 Å². The first-order chi connectivity index (χ1) is 11.1. The summed E-state index contributed by atoms with van der Waals surface area (Å²) in [5, 5.41) is 3.13. The molecule has 0 radical (unpaired) electrons. The second-order valence-corrected chi connectivity index (χ2v) is 8.62. The van der Waals surface area contributed by atoms with Crippen molar-refractivity contribution in [1.82, 2.24) is 0 Å². The van der Waals surface area contributed by atoms with E-state index in [-0.39, 0.29) is 56.3 Å². The zero-order chi connectivity index (χ0) is 16.3. The molecule has 1 N–H and O–H groups in total. The standard InChI is InChI=1S/C18H15O3PS.K.H/c19-23(20,21)18-13-7-12-17(14-18)22(15-8-3-1-4-9-15)16-10-5-2-6-11-16;;/h1-14H,(H,19,20,21);;. The van der Waals surface area contributed by atoms with Gasteiger partial charge in [0.05, 0.1) is 4.90 Å². The van der Waals surface area contributed by atoms with Crippen LogP contribution in [0.3, 0.4) is 0 Å². The van der Waals surface area contributed by atoms with Crippen molar-refractivity contribution in [2.75, 3.05) is 0 Å². The van der Waals surface area contributed by atoms with Gasteiger partial charge in [0.1, 0.15) is 0 Å². The van der Waals surface area contributed by atoms with Gasteiger partial charge in [-0.05, 0) is 36.0 Å². The first-order valence-electron chi connectivity index (χ1n) is 7.03. The Hall–Kier alpha value is -0.364. The van der Waals surface area contributed by atoms with E-state index < -0.39 is 18.0 Å². The fourth-order valence-electron chi connectivity index (χ4n) is 2.38. The first-order valence-corrected chi connectivity index (χ1v) is 9.82. The molecule has 0 aliphatic carbocycles. The molecule has 3 rings (SSSR count). The molecular formula is C18H16KO3PS. The van der Waals surface area contributed by atoms with Gasteiger partial charge in [0.2, 0.25) is 0 Å². The summed E-state index contributed by atoms with van der Waals surface area (Å²) in [6.45, 7) is 0. The van der Waals surface area contributed by atoms with E-state index in [9.17, 15) is 13.0 Å². The molecule has 0 aromatic heterocycles. The average Bonchev–Trinajstić information content (AvgIpc) is 2.57. The zero-order valence-electron chi connectivity index (χ0n) is 12.2. The van der Waals surface area contributed by atoms with E-state index in [1.165, 1.54) is 6.07 Å². The van der Waals surface area contributed by atoms with Crippen LogP contribution in [0.2, 0.25) is 0 Å². The fourth-order valence-corrected chi connectivity index (χ4v) is 5.34. The molecule has 0 aliphatic rings. The summed E-state index contributed by atoms with van der Waals surface area (Å²) in [5.41, 5.74) is 0. The molecule has 0 atom stereocenters. The molecule has 0 aliphatic heterocycles. The van der Waals surface area contributed by atoms with Crippen LogP contribution in [-0.2, 0) is 10.1 Å². The summed E-state index contributed by atoms with van der Waals surface area (Å²) >= 11 is 0. The van der Waals surface area contributed by atoms with Crippen LogP contribution < -0.4 is 15.9 Å². The van der Waals surface area contributed by atoms with Crippen LogP contribution in [0.25, 0.3) is 0 Å². The molecule has 6 heteroatoms. The van der Waals surface area contributed by atoms with Gasteiger partial charge < -0.3 is 0 Å². The molecule has 0 unspecified atom stereocenters. The van der Waals surface area contributed by atoms with E-state index in [2.05, 4.69) is 0 Å². The maximum absolute atomic E-state index is 11.4. The molecular weight excluding hydrogens is 366 g/mol. The van der Waals surface area contributed by atoms with Gasteiger partial charge >= 0.3 is 51.4 Å². The van der Waals surface area contributed by atoms with Crippen molar-refractivity contribution in [3.8, 4) is 0 Å². The van der Waals surface area contributed by atoms with Crippen molar-refractivity contribution < 1.29 is 13.0 Å². The predicted octanol–water partition coefficient (Wildman–Crippen LogP) is 2.04. The van der Waals surface area contributed by atoms with Gasteiger partial charge in [0.25, 0.3) is 10.1 Å². The van der Waals surface area contributed by atoms with Gasteiger partial charge in [-0.2, -0.15) is 8.42 Å². The molecule has 24 heavy (non-hydrogen) atoms. The Morgan fingerprint density at radius 2 is 1.12 bits per heavy atom. The Kier molecular flexibility index (Phi) is 7.34. The van der Waals surface area contributed by atoms with Crippen LogP contribution in [0.15, 0.2) is 89.8 Å². The minimum absolute atomic E-state index is 0. The maximum atomic E-state index is 11.4. The van der Waals surface area contributed by atoms with Gasteiger partial charge in [-0.1, -0.05) is 72.8 Å². The molecule has 0 heterocycles. The molecule has 0 saturated heterocycles. The van der Waals surface area contributed by atoms with Crippen LogP contribution in [0.5, 0.6) is 0 Å². The van der Waals surface area contributed by atoms with Crippen molar-refractivity contribution in [3.63, 3.8) is 0 Å². The molecule has 118 valence electrons. The minimum atomic E-state index is -4.21. The van der Waals surface area contributed by atoms with Crippen molar-refractivity contribution in [1.29, 1.82) is 0 Å². The van der Waals surface area contributed by atoms with E-state index in [0.29, 0.717) is 0 Å². The Labute approximate surface area is 186 Å². The Morgan fingerprint density at radius 3 is 1.58 bits per heavy atom. The molecule has 3 aromatic carbocycles. The second kappa shape index (κ2) is 8.83. The molecule has 0 spiro atoms. The zero-order valence-corrected chi connectivity index (χ0v) is 13.9. The molecule has 0 bridgehead atoms. The van der Waals surface area contributed by atoms with E-state index >= 15 is 0 Å². The normalized spacial score (nSPS) is 11.1. The van der Waals surface area contributed by atoms with Crippen LogP contribution >= 0.6 is 7.92 Å². The number of benzene rings is 3. The van der Waals surface area contributed by atoms with Gasteiger partial charge in [-0.15, -0.1) is 0 Å². The van der Waals surface area contributed by atoms with E-state index in [1.54, 1.807) is 12.1 Å². The summed E-state index contributed by atoms with van der Waals surface area (Å²) in [4.78, 5) is -0.0747. The van der Waals surface area contributed by atoms with E-state index in [4.69, 9.17) is 0 Å². The Morgan fingerprint density at radius 1 is 0.667 bits per heavy atom. The molecule has 0 fully saturated rings. The number of rotatable bonds is 4. The average molecular weight is 382 g/mol. The van der Waals surface area contributed by atoms with Crippen LogP contribution in [0, 0.1) is 0 Å². The van der Waals surface area contributed by atoms with E-state index in [0.717, 1.165) is 15.9 Å². The number of hydrogen-bond acceptors (Lipinski definition) is 2. The summed E-state index contributed by atoms with van der Waals surface area (Å²) in [6.07, 6.45) is 0. The van der Waals surface area contributed by atoms with Crippen molar-refractivity contribution in [2.45, 2.75) is 4.90 Å². The van der Waals surface area contributed by atoms with Crippen LogP contribution in [0.4, 0.5) is 0 Å². The predicted molar refractivity (Wildman–Crippen MR) is 102 cm³/mol. The molecule has 3 nitrogen and oxygen atoms in total. The second-order valence-electron chi connectivity index (χ2n) is 4.98. The summed E-state index contributed by atoms with van der Waals surface area (Å²) in [6, 6.07) is 26.5. The summed E-state index contributed by atoms with van der Waals surface area (Å²) < 4.78 is 32.2. The Bertz CT molecular complexity index is 860. The van der Waals surface area contributed by atoms with Crippen LogP contribution in [0.1, 0.15) is 0 Å². The quantitative estimate of drug-likeness (QED) is 0.427. The van der Waals surface area contributed by atoms with Crippen molar-refractivity contribution in [2.24, 2.45) is 0 Å². The number of hydrogen-bond donors (Lipinski definition) is 1. The van der Waals surface area contributed by atoms with Crippen molar-refractivity contribution >= 4 is 85.3 Å². The molecule has 0 amide bonds. The SMILES string of the molecule is O=S(=O)(O)c1cccc(P(c2ccccc2)c2ccccc2)c1.[KH]. The topological polar surface area (TPSA) is 54.4 Å². The third-order valence-electron chi connectivity index (χ3n) is 3.40. The third-order valence-corrected chi connectivity index (χ3v) is 6.68. The monoisotopic (exact) mass is 382 g/mol. The van der Waals surface area contributed by atoms with Gasteiger partial charge in [-0.3, -0.25) is 4.55 Å². The van der Waals surface area contributed by atoms with Gasteiger partial charge in [0, 0.05) is 0 Å². The summed E-state index contributed by atoms with van der Waals surface area (Å²) in [5.74, 6) is 0. The Balaban J connectivity index is 0.00000208. The molecule has 0 saturated carbocycles. The van der Waals surface area contributed by atoms with Crippen LogP contribution in [-0.4, -0.2) is 64.4 Å². The van der Waals surface area contributed by atoms with Crippen molar-refractivity contribution in [3.05, 3.63) is 84.9 Å².